The van der Waals surface area contributed by atoms with Crippen LogP contribution in [-0.4, -0.2) is 27.3 Å². The van der Waals surface area contributed by atoms with E-state index in [9.17, 15) is 4.79 Å². The van der Waals surface area contributed by atoms with Crippen molar-refractivity contribution in [3.8, 4) is 0 Å². The van der Waals surface area contributed by atoms with Gasteiger partial charge in [0.15, 0.2) is 0 Å². The molecule has 0 saturated carbocycles. The van der Waals surface area contributed by atoms with Crippen molar-refractivity contribution in [3.63, 3.8) is 0 Å². The highest BCUT2D eigenvalue weighted by Gasteiger charge is 2.31. The third-order valence-electron chi connectivity index (χ3n) is 4.08. The molecule has 1 N–H and O–H groups in total. The Bertz CT molecular complexity index is 606. The Hall–Kier alpha value is -2.10. The molecule has 1 aliphatic rings. The first-order chi connectivity index (χ1) is 10.2. The molecule has 0 radical (unpaired) electrons. The molecule has 1 unspecified atom stereocenters. The van der Waals surface area contributed by atoms with Crippen LogP contribution in [0, 0.1) is 6.92 Å². The number of nitrogens with one attached hydrogen (secondary N) is 1. The molecule has 1 atom stereocenters. The molecule has 0 spiro atoms. The number of hydrogen-bond acceptors (Lipinski definition) is 2. The number of amides is 1. The second kappa shape index (κ2) is 6.12. The maximum atomic E-state index is 12.5. The first-order valence-electron chi connectivity index (χ1n) is 7.59. The first-order valence-corrected chi connectivity index (χ1v) is 7.59. The highest BCUT2D eigenvalue weighted by atomic mass is 16.2. The zero-order chi connectivity index (χ0) is 14.7. The lowest BCUT2D eigenvalue weighted by atomic mass is 10.1. The van der Waals surface area contributed by atoms with Crippen molar-refractivity contribution in [2.75, 3.05) is 6.54 Å². The van der Waals surface area contributed by atoms with Gasteiger partial charge in [0, 0.05) is 24.9 Å². The summed E-state index contributed by atoms with van der Waals surface area (Å²) in [6, 6.07) is 10.3. The minimum Gasteiger partial charge on any atom is -0.344 e. The van der Waals surface area contributed by atoms with Crippen LogP contribution in [0.2, 0.25) is 0 Å². The summed E-state index contributed by atoms with van der Waals surface area (Å²) in [6.07, 6.45) is 5.27. The SMILES string of the molecule is Cc1cnc(C2CCCN2C(=O)CCc2ccccc2)[nH]1. The number of rotatable bonds is 4. The van der Waals surface area contributed by atoms with Gasteiger partial charge in [-0.2, -0.15) is 0 Å². The Morgan fingerprint density at radius 2 is 2.19 bits per heavy atom. The average Bonchev–Trinajstić information content (AvgIpc) is 3.14. The van der Waals surface area contributed by atoms with Crippen molar-refractivity contribution < 1.29 is 4.79 Å². The number of aromatic amines is 1. The normalized spacial score (nSPS) is 18.1. The van der Waals surface area contributed by atoms with Gasteiger partial charge in [0.1, 0.15) is 5.82 Å². The summed E-state index contributed by atoms with van der Waals surface area (Å²) in [5, 5.41) is 0. The van der Waals surface area contributed by atoms with Crippen LogP contribution in [0.15, 0.2) is 36.5 Å². The summed E-state index contributed by atoms with van der Waals surface area (Å²) in [7, 11) is 0. The maximum absolute atomic E-state index is 12.5. The fourth-order valence-electron chi connectivity index (χ4n) is 2.99. The highest BCUT2D eigenvalue weighted by molar-refractivity contribution is 5.77. The van der Waals surface area contributed by atoms with Gasteiger partial charge < -0.3 is 9.88 Å². The van der Waals surface area contributed by atoms with E-state index in [2.05, 4.69) is 22.1 Å². The number of carbonyl (C=O) groups is 1. The van der Waals surface area contributed by atoms with Gasteiger partial charge >= 0.3 is 0 Å². The molecule has 2 aromatic rings. The van der Waals surface area contributed by atoms with Crippen molar-refractivity contribution in [2.45, 2.75) is 38.6 Å². The van der Waals surface area contributed by atoms with Gasteiger partial charge in [0.2, 0.25) is 5.91 Å². The molecule has 1 amide bonds. The predicted molar refractivity (Wildman–Crippen MR) is 81.8 cm³/mol. The molecule has 1 fully saturated rings. The molecule has 4 heteroatoms. The van der Waals surface area contributed by atoms with E-state index >= 15 is 0 Å². The van der Waals surface area contributed by atoms with E-state index in [1.165, 1.54) is 5.56 Å². The minimum atomic E-state index is 0.127. The quantitative estimate of drug-likeness (QED) is 0.937. The minimum absolute atomic E-state index is 0.127. The second-order valence-corrected chi connectivity index (χ2v) is 5.68. The van der Waals surface area contributed by atoms with Crippen LogP contribution in [0.3, 0.4) is 0 Å². The fourth-order valence-corrected chi connectivity index (χ4v) is 2.99. The van der Waals surface area contributed by atoms with Crippen molar-refractivity contribution >= 4 is 5.91 Å². The molecule has 110 valence electrons. The molecule has 1 aromatic heterocycles. The first kappa shape index (κ1) is 13.9. The molecule has 4 nitrogen and oxygen atoms in total. The molecule has 2 heterocycles. The van der Waals surface area contributed by atoms with Crippen LogP contribution < -0.4 is 0 Å². The van der Waals surface area contributed by atoms with Crippen LogP contribution in [0.4, 0.5) is 0 Å². The zero-order valence-electron chi connectivity index (χ0n) is 12.4. The van der Waals surface area contributed by atoms with Crippen molar-refractivity contribution in [1.29, 1.82) is 0 Å². The number of imidazole rings is 1. The number of aromatic nitrogens is 2. The molecule has 1 saturated heterocycles. The predicted octanol–water partition coefficient (Wildman–Crippen LogP) is 3.01. The summed E-state index contributed by atoms with van der Waals surface area (Å²) in [5.41, 5.74) is 2.27. The van der Waals surface area contributed by atoms with E-state index in [4.69, 9.17) is 0 Å². The molecular formula is C17H21N3O. The van der Waals surface area contributed by atoms with Crippen LogP contribution in [0.25, 0.3) is 0 Å². The summed E-state index contributed by atoms with van der Waals surface area (Å²) in [6.45, 7) is 2.84. The van der Waals surface area contributed by atoms with Gasteiger partial charge in [0.05, 0.1) is 6.04 Å². The lowest BCUT2D eigenvalue weighted by Crippen LogP contribution is -2.31. The smallest absolute Gasteiger partial charge is 0.223 e. The number of H-pyrrole nitrogens is 1. The van der Waals surface area contributed by atoms with Gasteiger partial charge in [-0.1, -0.05) is 30.3 Å². The molecular weight excluding hydrogens is 262 g/mol. The molecule has 1 aliphatic heterocycles. The van der Waals surface area contributed by atoms with Crippen molar-refractivity contribution in [2.24, 2.45) is 0 Å². The summed E-state index contributed by atoms with van der Waals surface area (Å²) in [5.74, 6) is 1.16. The van der Waals surface area contributed by atoms with Gasteiger partial charge in [-0.15, -0.1) is 0 Å². The average molecular weight is 283 g/mol. The Morgan fingerprint density at radius 1 is 1.38 bits per heavy atom. The lowest BCUT2D eigenvalue weighted by molar-refractivity contribution is -0.132. The lowest BCUT2D eigenvalue weighted by Gasteiger charge is -2.23. The van der Waals surface area contributed by atoms with E-state index < -0.39 is 0 Å². The number of hydrogen-bond donors (Lipinski definition) is 1. The third-order valence-corrected chi connectivity index (χ3v) is 4.08. The van der Waals surface area contributed by atoms with E-state index in [0.29, 0.717) is 6.42 Å². The third kappa shape index (κ3) is 3.15. The van der Waals surface area contributed by atoms with Gasteiger partial charge in [-0.3, -0.25) is 4.79 Å². The van der Waals surface area contributed by atoms with E-state index in [0.717, 1.165) is 37.3 Å². The van der Waals surface area contributed by atoms with E-state index in [1.807, 2.05) is 36.2 Å². The number of benzene rings is 1. The topological polar surface area (TPSA) is 49.0 Å². The van der Waals surface area contributed by atoms with Crippen molar-refractivity contribution in [3.05, 3.63) is 53.6 Å². The number of carbonyl (C=O) groups excluding carboxylic acids is 1. The largest absolute Gasteiger partial charge is 0.344 e. The van der Waals surface area contributed by atoms with Crippen LogP contribution in [-0.2, 0) is 11.2 Å². The summed E-state index contributed by atoms with van der Waals surface area (Å²) in [4.78, 5) is 22.2. The van der Waals surface area contributed by atoms with Crippen LogP contribution in [0.5, 0.6) is 0 Å². The van der Waals surface area contributed by atoms with Crippen molar-refractivity contribution in [1.82, 2.24) is 14.9 Å². The Morgan fingerprint density at radius 3 is 2.90 bits per heavy atom. The second-order valence-electron chi connectivity index (χ2n) is 5.68. The van der Waals surface area contributed by atoms with E-state index in [-0.39, 0.29) is 11.9 Å². The Kier molecular flexibility index (Phi) is 4.04. The Labute approximate surface area is 125 Å². The molecule has 3 rings (SSSR count). The van der Waals surface area contributed by atoms with Gasteiger partial charge in [-0.25, -0.2) is 4.98 Å². The standard InChI is InChI=1S/C17H21N3O/c1-13-12-18-17(19-13)15-8-5-11-20(15)16(21)10-9-14-6-3-2-4-7-14/h2-4,6-7,12,15H,5,8-11H2,1H3,(H,18,19). The summed E-state index contributed by atoms with van der Waals surface area (Å²) >= 11 is 0. The fraction of sp³-hybridized carbons (Fsp3) is 0.412. The summed E-state index contributed by atoms with van der Waals surface area (Å²) < 4.78 is 0. The molecule has 1 aromatic carbocycles. The maximum Gasteiger partial charge on any atom is 0.223 e. The van der Waals surface area contributed by atoms with E-state index in [1.54, 1.807) is 0 Å². The monoisotopic (exact) mass is 283 g/mol. The molecule has 0 bridgehead atoms. The number of likely N-dealkylation sites (tertiary alicyclic amines) is 1. The zero-order valence-corrected chi connectivity index (χ0v) is 12.4. The van der Waals surface area contributed by atoms with Crippen LogP contribution >= 0.6 is 0 Å². The Balaban J connectivity index is 1.63. The number of aryl methyl sites for hydroxylation is 2. The number of nitrogens with zero attached hydrogens (tertiary/aromatic N) is 2. The van der Waals surface area contributed by atoms with Gasteiger partial charge in [-0.05, 0) is 31.7 Å². The van der Waals surface area contributed by atoms with Gasteiger partial charge in [0.25, 0.3) is 0 Å². The van der Waals surface area contributed by atoms with Crippen LogP contribution in [0.1, 0.15) is 42.4 Å². The molecule has 21 heavy (non-hydrogen) atoms. The molecule has 0 aliphatic carbocycles. The highest BCUT2D eigenvalue weighted by Crippen LogP contribution is 2.30.